The van der Waals surface area contributed by atoms with Gasteiger partial charge in [0.25, 0.3) is 0 Å². The molecular formula is C21H23NO3. The maximum Gasteiger partial charge on any atom is 0.225 e. The van der Waals surface area contributed by atoms with Crippen LogP contribution in [0, 0.1) is 0 Å². The summed E-state index contributed by atoms with van der Waals surface area (Å²) in [4.78, 5) is 24.2. The Bertz CT molecular complexity index is 797. The number of ether oxygens (including phenoxy) is 1. The van der Waals surface area contributed by atoms with E-state index in [4.69, 9.17) is 4.74 Å². The minimum absolute atomic E-state index is 0.0227. The van der Waals surface area contributed by atoms with E-state index in [1.54, 1.807) is 25.3 Å². The Morgan fingerprint density at radius 2 is 2.00 bits per heavy atom. The Hall–Kier alpha value is -2.62. The molecule has 1 atom stereocenters. The summed E-state index contributed by atoms with van der Waals surface area (Å²) >= 11 is 0. The lowest BCUT2D eigenvalue weighted by atomic mass is 9.87. The van der Waals surface area contributed by atoms with E-state index in [1.807, 2.05) is 12.1 Å². The molecule has 4 heteroatoms. The van der Waals surface area contributed by atoms with Crippen LogP contribution in [0.25, 0.3) is 0 Å². The zero-order valence-corrected chi connectivity index (χ0v) is 14.7. The molecule has 2 aromatic rings. The van der Waals surface area contributed by atoms with Crippen molar-refractivity contribution in [1.82, 2.24) is 5.32 Å². The number of methoxy groups -OCH3 is 1. The topological polar surface area (TPSA) is 55.4 Å². The molecule has 2 aromatic carbocycles. The monoisotopic (exact) mass is 337 g/mol. The molecule has 0 saturated heterocycles. The molecule has 1 amide bonds. The standard InChI is InChI=1S/C21H23NO3/c1-14(23)16-10-11-20(25-2)17(12-16)13-21(24)22-19-9-5-7-15-6-3-4-8-18(15)19/h3-4,6,8,10-12,19H,5,7,9,13H2,1-2H3,(H,22,24)/t19-/m0/s1. The SMILES string of the molecule is COc1ccc(C(C)=O)cc1CC(=O)N[C@H]1CCCc2ccccc21. The average molecular weight is 337 g/mol. The summed E-state index contributed by atoms with van der Waals surface area (Å²) in [5.41, 5.74) is 3.85. The second-order valence-corrected chi connectivity index (χ2v) is 6.47. The van der Waals surface area contributed by atoms with E-state index >= 15 is 0 Å². The fraction of sp³-hybridized carbons (Fsp3) is 0.333. The Morgan fingerprint density at radius 3 is 2.76 bits per heavy atom. The van der Waals surface area contributed by atoms with Crippen molar-refractivity contribution < 1.29 is 14.3 Å². The van der Waals surface area contributed by atoms with Crippen molar-refractivity contribution in [3.05, 3.63) is 64.7 Å². The van der Waals surface area contributed by atoms with Crippen molar-refractivity contribution >= 4 is 11.7 Å². The van der Waals surface area contributed by atoms with Crippen LogP contribution < -0.4 is 10.1 Å². The molecule has 1 aliphatic rings. The Labute approximate surface area is 148 Å². The molecule has 1 N–H and O–H groups in total. The van der Waals surface area contributed by atoms with Crippen LogP contribution in [0.5, 0.6) is 5.75 Å². The molecule has 0 heterocycles. The molecule has 0 bridgehead atoms. The lowest BCUT2D eigenvalue weighted by Gasteiger charge is -2.26. The summed E-state index contributed by atoms with van der Waals surface area (Å²) in [5, 5.41) is 3.14. The predicted octanol–water partition coefficient (Wildman–Crippen LogP) is 3.63. The van der Waals surface area contributed by atoms with Gasteiger partial charge in [0.15, 0.2) is 5.78 Å². The highest BCUT2D eigenvalue weighted by atomic mass is 16.5. The third kappa shape index (κ3) is 3.90. The van der Waals surface area contributed by atoms with Gasteiger partial charge < -0.3 is 10.1 Å². The Morgan fingerprint density at radius 1 is 1.20 bits per heavy atom. The van der Waals surface area contributed by atoms with Crippen LogP contribution >= 0.6 is 0 Å². The molecule has 0 saturated carbocycles. The normalized spacial score (nSPS) is 16.0. The van der Waals surface area contributed by atoms with Crippen molar-refractivity contribution in [2.45, 2.75) is 38.6 Å². The number of amides is 1. The maximum absolute atomic E-state index is 12.6. The third-order valence-electron chi connectivity index (χ3n) is 4.74. The Kier molecular flexibility index (Phi) is 5.17. The third-order valence-corrected chi connectivity index (χ3v) is 4.74. The molecule has 0 unspecified atom stereocenters. The van der Waals surface area contributed by atoms with Gasteiger partial charge in [-0.05, 0) is 55.5 Å². The quantitative estimate of drug-likeness (QED) is 0.848. The number of benzene rings is 2. The van der Waals surface area contributed by atoms with Crippen molar-refractivity contribution in [2.75, 3.05) is 7.11 Å². The second kappa shape index (κ2) is 7.51. The minimum atomic E-state index is -0.0549. The lowest BCUT2D eigenvalue weighted by molar-refractivity contribution is -0.121. The van der Waals surface area contributed by atoms with E-state index in [1.165, 1.54) is 18.1 Å². The van der Waals surface area contributed by atoms with Crippen molar-refractivity contribution in [1.29, 1.82) is 0 Å². The molecule has 130 valence electrons. The number of carbonyl (C=O) groups is 2. The van der Waals surface area contributed by atoms with Crippen LogP contribution in [-0.2, 0) is 17.6 Å². The molecule has 4 nitrogen and oxygen atoms in total. The summed E-state index contributed by atoms with van der Waals surface area (Å²) in [6, 6.07) is 13.6. The van der Waals surface area contributed by atoms with Crippen LogP contribution in [0.4, 0.5) is 0 Å². The number of hydrogen-bond acceptors (Lipinski definition) is 3. The highest BCUT2D eigenvalue weighted by Gasteiger charge is 2.22. The summed E-state index contributed by atoms with van der Waals surface area (Å²) in [6.45, 7) is 1.52. The molecular weight excluding hydrogens is 314 g/mol. The number of nitrogens with one attached hydrogen (secondary N) is 1. The molecule has 0 aromatic heterocycles. The number of rotatable bonds is 5. The van der Waals surface area contributed by atoms with Crippen molar-refractivity contribution in [2.24, 2.45) is 0 Å². The first-order valence-corrected chi connectivity index (χ1v) is 8.63. The summed E-state index contributed by atoms with van der Waals surface area (Å²) in [7, 11) is 1.57. The van der Waals surface area contributed by atoms with Gasteiger partial charge in [0, 0.05) is 11.1 Å². The lowest BCUT2D eigenvalue weighted by Crippen LogP contribution is -2.32. The van der Waals surface area contributed by atoms with Crippen LogP contribution in [-0.4, -0.2) is 18.8 Å². The van der Waals surface area contributed by atoms with E-state index < -0.39 is 0 Å². The molecule has 0 spiro atoms. The van der Waals surface area contributed by atoms with Gasteiger partial charge in [0.2, 0.25) is 5.91 Å². The van der Waals surface area contributed by atoms with Gasteiger partial charge in [-0.15, -0.1) is 0 Å². The number of Topliss-reactive ketones (excluding diaryl/α,β-unsaturated/α-hetero) is 1. The second-order valence-electron chi connectivity index (χ2n) is 6.47. The first-order chi connectivity index (χ1) is 12.1. The number of ketones is 1. The van der Waals surface area contributed by atoms with E-state index in [2.05, 4.69) is 17.4 Å². The van der Waals surface area contributed by atoms with Crippen molar-refractivity contribution in [3.8, 4) is 5.75 Å². The zero-order chi connectivity index (χ0) is 17.8. The van der Waals surface area contributed by atoms with Gasteiger partial charge in [-0.2, -0.15) is 0 Å². The van der Waals surface area contributed by atoms with Crippen LogP contribution in [0.1, 0.15) is 52.9 Å². The summed E-state index contributed by atoms with van der Waals surface area (Å²) in [6.07, 6.45) is 3.29. The van der Waals surface area contributed by atoms with Gasteiger partial charge in [-0.3, -0.25) is 9.59 Å². The number of aryl methyl sites for hydroxylation is 1. The van der Waals surface area contributed by atoms with Crippen LogP contribution in [0.2, 0.25) is 0 Å². The molecule has 1 aliphatic carbocycles. The van der Waals surface area contributed by atoms with Gasteiger partial charge in [-0.1, -0.05) is 24.3 Å². The van der Waals surface area contributed by atoms with Crippen LogP contribution in [0.3, 0.4) is 0 Å². The van der Waals surface area contributed by atoms with Gasteiger partial charge in [-0.25, -0.2) is 0 Å². The first kappa shape index (κ1) is 17.2. The van der Waals surface area contributed by atoms with Gasteiger partial charge in [0.05, 0.1) is 19.6 Å². The fourth-order valence-corrected chi connectivity index (χ4v) is 3.46. The zero-order valence-electron chi connectivity index (χ0n) is 14.7. The maximum atomic E-state index is 12.6. The largest absolute Gasteiger partial charge is 0.496 e. The van der Waals surface area contributed by atoms with E-state index in [0.717, 1.165) is 24.8 Å². The number of fused-ring (bicyclic) bond motifs is 1. The molecule has 0 fully saturated rings. The Balaban J connectivity index is 1.75. The molecule has 25 heavy (non-hydrogen) atoms. The van der Waals surface area contributed by atoms with E-state index in [0.29, 0.717) is 11.3 Å². The van der Waals surface area contributed by atoms with Crippen molar-refractivity contribution in [3.63, 3.8) is 0 Å². The van der Waals surface area contributed by atoms with Gasteiger partial charge in [0.1, 0.15) is 5.75 Å². The highest BCUT2D eigenvalue weighted by Crippen LogP contribution is 2.29. The summed E-state index contributed by atoms with van der Waals surface area (Å²) in [5.74, 6) is 0.551. The first-order valence-electron chi connectivity index (χ1n) is 8.63. The predicted molar refractivity (Wildman–Crippen MR) is 97.0 cm³/mol. The smallest absolute Gasteiger partial charge is 0.225 e. The molecule has 3 rings (SSSR count). The fourth-order valence-electron chi connectivity index (χ4n) is 3.46. The van der Waals surface area contributed by atoms with Gasteiger partial charge >= 0.3 is 0 Å². The molecule has 0 aliphatic heterocycles. The van der Waals surface area contributed by atoms with Crippen LogP contribution in [0.15, 0.2) is 42.5 Å². The minimum Gasteiger partial charge on any atom is -0.496 e. The summed E-state index contributed by atoms with van der Waals surface area (Å²) < 4.78 is 5.34. The number of hydrogen-bond donors (Lipinski definition) is 1. The van der Waals surface area contributed by atoms with E-state index in [9.17, 15) is 9.59 Å². The highest BCUT2D eigenvalue weighted by molar-refractivity contribution is 5.94. The number of carbonyl (C=O) groups excluding carboxylic acids is 2. The average Bonchev–Trinajstić information content (AvgIpc) is 2.62. The molecule has 0 radical (unpaired) electrons. The van der Waals surface area contributed by atoms with E-state index in [-0.39, 0.29) is 24.2 Å².